The molecule has 2 N–H and O–H groups in total. The number of carbonyl (C=O) groups excluding carboxylic acids is 1. The first-order valence-corrected chi connectivity index (χ1v) is 8.71. The van der Waals surface area contributed by atoms with E-state index in [1.807, 2.05) is 6.92 Å². The van der Waals surface area contributed by atoms with E-state index in [0.29, 0.717) is 15.9 Å². The maximum atomic E-state index is 12.1. The number of nitrogens with one attached hydrogen (secondary N) is 2. The molecule has 0 radical (unpaired) electrons. The van der Waals surface area contributed by atoms with Crippen LogP contribution in [0.25, 0.3) is 0 Å². The van der Waals surface area contributed by atoms with Gasteiger partial charge in [-0.3, -0.25) is 9.59 Å². The van der Waals surface area contributed by atoms with Gasteiger partial charge in [0.05, 0.1) is 11.4 Å². The van der Waals surface area contributed by atoms with E-state index in [4.69, 9.17) is 11.6 Å². The predicted octanol–water partition coefficient (Wildman–Crippen LogP) is 2.95. The third-order valence-corrected chi connectivity index (χ3v) is 5.08. The Morgan fingerprint density at radius 3 is 3.09 bits per heavy atom. The lowest BCUT2D eigenvalue weighted by atomic mass is 10.2. The molecule has 0 unspecified atom stereocenters. The van der Waals surface area contributed by atoms with E-state index in [1.165, 1.54) is 11.8 Å². The molecule has 1 aliphatic rings. The number of carbonyl (C=O) groups is 1. The first-order chi connectivity index (χ1) is 11.0. The molecule has 3 rings (SSSR count). The number of rotatable bonds is 4. The van der Waals surface area contributed by atoms with Crippen molar-refractivity contribution in [3.63, 3.8) is 0 Å². The first-order valence-electron chi connectivity index (χ1n) is 7.34. The molecule has 5 nitrogen and oxygen atoms in total. The molecular formula is C16H16ClN3O2S. The molecule has 0 spiro atoms. The molecule has 0 saturated heterocycles. The maximum absolute atomic E-state index is 12.1. The van der Waals surface area contributed by atoms with Crippen LogP contribution in [-0.4, -0.2) is 21.6 Å². The van der Waals surface area contributed by atoms with E-state index in [2.05, 4.69) is 15.3 Å². The van der Waals surface area contributed by atoms with Crippen LogP contribution in [0.15, 0.2) is 28.2 Å². The Balaban J connectivity index is 1.64. The number of halogens is 1. The molecule has 0 atom stereocenters. The number of aromatic nitrogens is 2. The fourth-order valence-electron chi connectivity index (χ4n) is 2.55. The lowest BCUT2D eigenvalue weighted by Crippen LogP contribution is -2.18. The molecule has 1 aromatic heterocycles. The second-order valence-electron chi connectivity index (χ2n) is 5.40. The summed E-state index contributed by atoms with van der Waals surface area (Å²) >= 11 is 7.26. The van der Waals surface area contributed by atoms with Gasteiger partial charge < -0.3 is 10.3 Å². The van der Waals surface area contributed by atoms with Crippen LogP contribution < -0.4 is 10.9 Å². The highest BCUT2D eigenvalue weighted by Gasteiger charge is 2.17. The smallest absolute Gasteiger partial charge is 0.254 e. The molecule has 1 amide bonds. The summed E-state index contributed by atoms with van der Waals surface area (Å²) in [6, 6.07) is 5.37. The molecule has 23 heavy (non-hydrogen) atoms. The molecule has 0 aliphatic heterocycles. The summed E-state index contributed by atoms with van der Waals surface area (Å²) in [5.74, 6) is 0.0109. The molecule has 0 saturated carbocycles. The van der Waals surface area contributed by atoms with Gasteiger partial charge in [-0.25, -0.2) is 4.98 Å². The molecule has 0 fully saturated rings. The number of amides is 1. The summed E-state index contributed by atoms with van der Waals surface area (Å²) in [7, 11) is 0. The van der Waals surface area contributed by atoms with Crippen LogP contribution in [0.3, 0.4) is 0 Å². The molecule has 0 bridgehead atoms. The zero-order chi connectivity index (χ0) is 16.4. The van der Waals surface area contributed by atoms with Crippen LogP contribution in [0.1, 0.15) is 23.2 Å². The van der Waals surface area contributed by atoms with Crippen LogP contribution in [0.2, 0.25) is 5.02 Å². The number of nitrogens with zero attached hydrogens (tertiary/aromatic N) is 1. The third-order valence-electron chi connectivity index (χ3n) is 3.80. The topological polar surface area (TPSA) is 74.8 Å². The van der Waals surface area contributed by atoms with Crippen molar-refractivity contribution >= 4 is 35.0 Å². The SMILES string of the molecule is Cc1c(Cl)cccc1NC(=O)CSc1nc2c(c(=O)[nH]1)CCC2. The molecule has 1 heterocycles. The van der Waals surface area contributed by atoms with Gasteiger partial charge in [-0.2, -0.15) is 0 Å². The fourth-order valence-corrected chi connectivity index (χ4v) is 3.40. The van der Waals surface area contributed by atoms with Crippen LogP contribution in [0.4, 0.5) is 5.69 Å². The van der Waals surface area contributed by atoms with E-state index in [0.717, 1.165) is 36.1 Å². The minimum atomic E-state index is -0.163. The van der Waals surface area contributed by atoms with Crippen LogP contribution in [-0.2, 0) is 17.6 Å². The summed E-state index contributed by atoms with van der Waals surface area (Å²) in [6.45, 7) is 1.85. The van der Waals surface area contributed by atoms with Crippen molar-refractivity contribution in [2.75, 3.05) is 11.1 Å². The van der Waals surface area contributed by atoms with Crippen molar-refractivity contribution in [2.45, 2.75) is 31.3 Å². The maximum Gasteiger partial charge on any atom is 0.254 e. The van der Waals surface area contributed by atoms with Gasteiger partial charge in [-0.1, -0.05) is 29.4 Å². The molecule has 2 aromatic rings. The quantitative estimate of drug-likeness (QED) is 0.657. The number of hydrogen-bond acceptors (Lipinski definition) is 4. The van der Waals surface area contributed by atoms with Gasteiger partial charge in [0.25, 0.3) is 5.56 Å². The monoisotopic (exact) mass is 349 g/mol. The van der Waals surface area contributed by atoms with E-state index >= 15 is 0 Å². The van der Waals surface area contributed by atoms with Crippen molar-refractivity contribution in [1.82, 2.24) is 9.97 Å². The van der Waals surface area contributed by atoms with Crippen LogP contribution >= 0.6 is 23.4 Å². The van der Waals surface area contributed by atoms with E-state index in [9.17, 15) is 9.59 Å². The van der Waals surface area contributed by atoms with E-state index in [-0.39, 0.29) is 17.2 Å². The molecule has 7 heteroatoms. The molecular weight excluding hydrogens is 334 g/mol. The highest BCUT2D eigenvalue weighted by Crippen LogP contribution is 2.24. The number of H-pyrrole nitrogens is 1. The second-order valence-corrected chi connectivity index (χ2v) is 6.77. The Labute approximate surface area is 142 Å². The summed E-state index contributed by atoms with van der Waals surface area (Å²) in [4.78, 5) is 31.2. The number of hydrogen-bond donors (Lipinski definition) is 2. The van der Waals surface area contributed by atoms with Crippen molar-refractivity contribution in [1.29, 1.82) is 0 Å². The van der Waals surface area contributed by atoms with Gasteiger partial charge in [-0.15, -0.1) is 0 Å². The number of fused-ring (bicyclic) bond motifs is 1. The second kappa shape index (κ2) is 6.76. The minimum absolute atomic E-state index is 0.0823. The van der Waals surface area contributed by atoms with Crippen molar-refractivity contribution < 1.29 is 4.79 Å². The Kier molecular flexibility index (Phi) is 4.73. The Morgan fingerprint density at radius 2 is 2.26 bits per heavy atom. The van der Waals surface area contributed by atoms with Crippen LogP contribution in [0.5, 0.6) is 0 Å². The van der Waals surface area contributed by atoms with Crippen molar-refractivity contribution in [2.24, 2.45) is 0 Å². The Hall–Kier alpha value is -1.79. The number of aryl methyl sites for hydroxylation is 1. The standard InChI is InChI=1S/C16H16ClN3O2S/c1-9-11(17)5-3-6-12(9)18-14(21)8-23-16-19-13-7-2-4-10(13)15(22)20-16/h3,5-6H,2,4,7-8H2,1H3,(H,18,21)(H,19,20,22). The summed E-state index contributed by atoms with van der Waals surface area (Å²) < 4.78 is 0. The number of benzene rings is 1. The summed E-state index contributed by atoms with van der Waals surface area (Å²) in [5, 5.41) is 3.93. The lowest BCUT2D eigenvalue weighted by Gasteiger charge is -2.09. The zero-order valence-corrected chi connectivity index (χ0v) is 14.2. The average Bonchev–Trinajstić information content (AvgIpc) is 2.99. The summed E-state index contributed by atoms with van der Waals surface area (Å²) in [5.41, 5.74) is 3.09. The van der Waals surface area contributed by atoms with E-state index in [1.54, 1.807) is 18.2 Å². The third kappa shape index (κ3) is 3.59. The fraction of sp³-hybridized carbons (Fsp3) is 0.312. The van der Waals surface area contributed by atoms with Gasteiger partial charge >= 0.3 is 0 Å². The van der Waals surface area contributed by atoms with Gasteiger partial charge in [0.2, 0.25) is 5.91 Å². The number of thioether (sulfide) groups is 1. The highest BCUT2D eigenvalue weighted by atomic mass is 35.5. The van der Waals surface area contributed by atoms with Crippen molar-refractivity contribution in [3.8, 4) is 0 Å². The molecule has 1 aliphatic carbocycles. The largest absolute Gasteiger partial charge is 0.325 e. The first kappa shape index (κ1) is 16.1. The number of anilines is 1. The molecule has 1 aromatic carbocycles. The predicted molar refractivity (Wildman–Crippen MR) is 92.4 cm³/mol. The Bertz CT molecular complexity index is 819. The number of aromatic amines is 1. The zero-order valence-electron chi connectivity index (χ0n) is 12.6. The van der Waals surface area contributed by atoms with Gasteiger partial charge in [-0.05, 0) is 43.9 Å². The summed E-state index contributed by atoms with van der Waals surface area (Å²) in [6.07, 6.45) is 2.59. The van der Waals surface area contributed by atoms with Crippen molar-refractivity contribution in [3.05, 3.63) is 50.4 Å². The van der Waals surface area contributed by atoms with Gasteiger partial charge in [0.1, 0.15) is 0 Å². The Morgan fingerprint density at radius 1 is 1.43 bits per heavy atom. The van der Waals surface area contributed by atoms with E-state index < -0.39 is 0 Å². The lowest BCUT2D eigenvalue weighted by molar-refractivity contribution is -0.113. The van der Waals surface area contributed by atoms with Gasteiger partial charge in [0, 0.05) is 16.3 Å². The van der Waals surface area contributed by atoms with Gasteiger partial charge in [0.15, 0.2) is 5.16 Å². The van der Waals surface area contributed by atoms with Crippen LogP contribution in [0, 0.1) is 6.92 Å². The minimum Gasteiger partial charge on any atom is -0.325 e. The molecule has 120 valence electrons. The average molecular weight is 350 g/mol. The highest BCUT2D eigenvalue weighted by molar-refractivity contribution is 7.99. The normalized spacial score (nSPS) is 13.0.